The highest BCUT2D eigenvalue weighted by atomic mass is 16.6. The Labute approximate surface area is 174 Å². The summed E-state index contributed by atoms with van der Waals surface area (Å²) < 4.78 is 28.7. The van der Waals surface area contributed by atoms with Gasteiger partial charge >= 0.3 is 0 Å². The number of hydrogen-bond acceptors (Lipinski definition) is 6. The highest BCUT2D eigenvalue weighted by Crippen LogP contribution is 2.44. The fraction of sp³-hybridized carbons (Fsp3) is 0.292. The molecule has 0 atom stereocenters. The Bertz CT molecular complexity index is 1110. The highest BCUT2D eigenvalue weighted by Gasteiger charge is 2.30. The van der Waals surface area contributed by atoms with Crippen LogP contribution in [0.1, 0.15) is 35.3 Å². The van der Waals surface area contributed by atoms with Crippen LogP contribution in [-0.4, -0.2) is 38.3 Å². The average Bonchev–Trinajstić information content (AvgIpc) is 2.75. The maximum atomic E-state index is 13.6. The van der Waals surface area contributed by atoms with Gasteiger partial charge in [-0.3, -0.25) is 4.79 Å². The number of ketones is 1. The molecule has 6 heteroatoms. The van der Waals surface area contributed by atoms with E-state index in [0.29, 0.717) is 65.3 Å². The molecule has 0 bridgehead atoms. The van der Waals surface area contributed by atoms with Crippen LogP contribution in [-0.2, 0) is 0 Å². The number of allylic oxidation sites excluding steroid dienone is 1. The molecule has 0 aliphatic carbocycles. The lowest BCUT2D eigenvalue weighted by Gasteiger charge is -2.29. The zero-order chi connectivity index (χ0) is 20.9. The molecule has 3 aliphatic heterocycles. The second-order valence-electron chi connectivity index (χ2n) is 7.85. The Morgan fingerprint density at radius 1 is 1.00 bits per heavy atom. The molecule has 30 heavy (non-hydrogen) atoms. The molecule has 0 fully saturated rings. The molecule has 3 heterocycles. The summed E-state index contributed by atoms with van der Waals surface area (Å²) in [7, 11) is 1.56. The summed E-state index contributed by atoms with van der Waals surface area (Å²) in [5.74, 6) is 2.89. The van der Waals surface area contributed by atoms with Gasteiger partial charge in [0.05, 0.1) is 18.2 Å². The number of Topliss-reactive ketones (excluding diaryl/α,β-unsaturated/α-hetero) is 1. The number of fused-ring (bicyclic) bond motifs is 3. The third-order valence-corrected chi connectivity index (χ3v) is 5.33. The average molecular weight is 406 g/mol. The van der Waals surface area contributed by atoms with Crippen LogP contribution in [0.2, 0.25) is 0 Å². The predicted octanol–water partition coefficient (Wildman–Crippen LogP) is 4.31. The van der Waals surface area contributed by atoms with Gasteiger partial charge in [-0.2, -0.15) is 0 Å². The molecule has 6 nitrogen and oxygen atoms in total. The normalized spacial score (nSPS) is 17.6. The molecule has 0 radical (unpaired) electrons. The van der Waals surface area contributed by atoms with E-state index in [4.69, 9.17) is 23.7 Å². The zero-order valence-corrected chi connectivity index (χ0v) is 17.1. The van der Waals surface area contributed by atoms with Gasteiger partial charge in [-0.05, 0) is 50.3 Å². The van der Waals surface area contributed by atoms with Crippen molar-refractivity contribution in [3.05, 3.63) is 53.1 Å². The Kier molecular flexibility index (Phi) is 4.24. The van der Waals surface area contributed by atoms with Gasteiger partial charge < -0.3 is 23.7 Å². The molecule has 5 rings (SSSR count). The van der Waals surface area contributed by atoms with Crippen molar-refractivity contribution in [1.82, 2.24) is 0 Å². The third-order valence-electron chi connectivity index (χ3n) is 5.33. The van der Waals surface area contributed by atoms with E-state index in [9.17, 15) is 4.79 Å². The zero-order valence-electron chi connectivity index (χ0n) is 17.1. The van der Waals surface area contributed by atoms with E-state index in [2.05, 4.69) is 0 Å². The highest BCUT2D eigenvalue weighted by molar-refractivity contribution is 6.31. The van der Waals surface area contributed by atoms with Gasteiger partial charge in [0.2, 0.25) is 0 Å². The number of methoxy groups -OCH3 is 1. The van der Waals surface area contributed by atoms with E-state index in [0.717, 1.165) is 5.56 Å². The molecule has 0 N–H and O–H groups in total. The molecular weight excluding hydrogens is 384 g/mol. The van der Waals surface area contributed by atoms with E-state index >= 15 is 0 Å². The number of hydrogen-bond donors (Lipinski definition) is 0. The Morgan fingerprint density at radius 3 is 2.53 bits per heavy atom. The summed E-state index contributed by atoms with van der Waals surface area (Å²) in [4.78, 5) is 13.6. The summed E-state index contributed by atoms with van der Waals surface area (Å²) >= 11 is 0. The largest absolute Gasteiger partial charge is 0.495 e. The van der Waals surface area contributed by atoms with E-state index in [1.54, 1.807) is 25.3 Å². The summed E-state index contributed by atoms with van der Waals surface area (Å²) in [6.45, 7) is 5.23. The first-order valence-corrected chi connectivity index (χ1v) is 9.88. The van der Waals surface area contributed by atoms with Crippen molar-refractivity contribution in [2.24, 2.45) is 0 Å². The minimum atomic E-state index is -0.410. The van der Waals surface area contributed by atoms with Crippen LogP contribution in [0.5, 0.6) is 28.7 Å². The van der Waals surface area contributed by atoms with E-state index in [1.165, 1.54) is 0 Å². The molecular formula is C24H22O6. The third kappa shape index (κ3) is 3.00. The monoisotopic (exact) mass is 406 g/mol. The van der Waals surface area contributed by atoms with Gasteiger partial charge in [-0.25, -0.2) is 0 Å². The van der Waals surface area contributed by atoms with Crippen molar-refractivity contribution in [2.75, 3.05) is 26.9 Å². The first kappa shape index (κ1) is 18.6. The molecule has 0 amide bonds. The van der Waals surface area contributed by atoms with Crippen LogP contribution in [0, 0.1) is 0 Å². The lowest BCUT2D eigenvalue weighted by atomic mass is 9.91. The summed E-state index contributed by atoms with van der Waals surface area (Å²) in [5.41, 5.74) is 2.05. The lowest BCUT2D eigenvalue weighted by Crippen LogP contribution is -2.27. The fourth-order valence-electron chi connectivity index (χ4n) is 3.91. The van der Waals surface area contributed by atoms with Crippen molar-refractivity contribution in [3.8, 4) is 28.7 Å². The van der Waals surface area contributed by atoms with E-state index < -0.39 is 5.60 Å². The smallest absolute Gasteiger partial charge is 0.197 e. The van der Waals surface area contributed by atoms with Gasteiger partial charge in [0, 0.05) is 17.2 Å². The van der Waals surface area contributed by atoms with Crippen LogP contribution >= 0.6 is 0 Å². The molecule has 2 aromatic rings. The molecule has 3 aliphatic rings. The molecule has 0 saturated heterocycles. The SMILES string of the molecule is COc1c(C(=O)C2=CCOc3cc4c(cc32)OCCO4)ccc2c1C=CC(C)(C)O2. The number of ether oxygens (including phenoxy) is 5. The molecule has 2 aromatic carbocycles. The minimum Gasteiger partial charge on any atom is -0.495 e. The molecule has 0 spiro atoms. The second kappa shape index (κ2) is 6.83. The van der Waals surface area contributed by atoms with Crippen molar-refractivity contribution >= 4 is 17.4 Å². The first-order valence-electron chi connectivity index (χ1n) is 9.88. The Balaban J connectivity index is 1.57. The summed E-state index contributed by atoms with van der Waals surface area (Å²) in [5, 5.41) is 0. The van der Waals surface area contributed by atoms with E-state index in [1.807, 2.05) is 38.1 Å². The van der Waals surface area contributed by atoms with Crippen molar-refractivity contribution in [3.63, 3.8) is 0 Å². The quantitative estimate of drug-likeness (QED) is 0.708. The van der Waals surface area contributed by atoms with Crippen LogP contribution < -0.4 is 23.7 Å². The summed E-state index contributed by atoms with van der Waals surface area (Å²) in [6.07, 6.45) is 5.69. The van der Waals surface area contributed by atoms with Crippen LogP contribution in [0.25, 0.3) is 11.6 Å². The van der Waals surface area contributed by atoms with Gasteiger partial charge in [0.15, 0.2) is 17.3 Å². The topological polar surface area (TPSA) is 63.2 Å². The number of carbonyl (C=O) groups excluding carboxylic acids is 1. The molecule has 154 valence electrons. The Morgan fingerprint density at radius 2 is 1.77 bits per heavy atom. The molecule has 0 saturated carbocycles. The van der Waals surface area contributed by atoms with Crippen LogP contribution in [0.3, 0.4) is 0 Å². The minimum absolute atomic E-state index is 0.144. The lowest BCUT2D eigenvalue weighted by molar-refractivity contribution is 0.105. The van der Waals surface area contributed by atoms with Gasteiger partial charge in [0.1, 0.15) is 42.7 Å². The number of benzene rings is 2. The number of rotatable bonds is 3. The van der Waals surface area contributed by atoms with Crippen molar-refractivity contribution in [1.29, 1.82) is 0 Å². The van der Waals surface area contributed by atoms with Crippen molar-refractivity contribution < 1.29 is 28.5 Å². The molecule has 0 unspecified atom stereocenters. The van der Waals surface area contributed by atoms with Gasteiger partial charge in [0.25, 0.3) is 0 Å². The fourth-order valence-corrected chi connectivity index (χ4v) is 3.91. The van der Waals surface area contributed by atoms with E-state index in [-0.39, 0.29) is 5.78 Å². The standard InChI is InChI=1S/C24H22O6/c1-24(2)8-6-15-18(30-24)5-4-16(23(15)26-3)22(25)14-7-9-27-19-13-21-20(12-17(14)19)28-10-11-29-21/h4-8,12-13H,9-11H2,1-3H3. The Hall–Kier alpha value is -3.41. The second-order valence-corrected chi connectivity index (χ2v) is 7.85. The summed E-state index contributed by atoms with van der Waals surface area (Å²) in [6, 6.07) is 7.17. The van der Waals surface area contributed by atoms with Crippen molar-refractivity contribution in [2.45, 2.75) is 19.4 Å². The van der Waals surface area contributed by atoms with Crippen LogP contribution in [0.4, 0.5) is 0 Å². The first-order chi connectivity index (χ1) is 14.5. The maximum absolute atomic E-state index is 13.6. The molecule has 0 aromatic heterocycles. The van der Waals surface area contributed by atoms with Gasteiger partial charge in [-0.15, -0.1) is 0 Å². The predicted molar refractivity (Wildman–Crippen MR) is 112 cm³/mol. The van der Waals surface area contributed by atoms with Gasteiger partial charge in [-0.1, -0.05) is 0 Å². The van der Waals surface area contributed by atoms with Crippen LogP contribution in [0.15, 0.2) is 36.4 Å². The number of carbonyl (C=O) groups is 1. The maximum Gasteiger partial charge on any atom is 0.197 e.